The number of benzene rings is 1. The van der Waals surface area contributed by atoms with Crippen LogP contribution in [0.15, 0.2) is 24.3 Å². The lowest BCUT2D eigenvalue weighted by atomic mass is 10.1. The van der Waals surface area contributed by atoms with Crippen molar-refractivity contribution in [3.05, 3.63) is 29.8 Å². The van der Waals surface area contributed by atoms with Crippen LogP contribution in [-0.2, 0) is 4.74 Å². The van der Waals surface area contributed by atoms with Crippen molar-refractivity contribution in [2.24, 2.45) is 0 Å². The van der Waals surface area contributed by atoms with Gasteiger partial charge in [0, 0.05) is 5.56 Å². The molecule has 1 heterocycles. The predicted molar refractivity (Wildman–Crippen MR) is 86.0 cm³/mol. The number of Topliss-reactive ketones (excluding diaryl/α,β-unsaturated/α-hetero) is 1. The molecule has 0 aromatic heterocycles. The van der Waals surface area contributed by atoms with Crippen LogP contribution in [0.5, 0.6) is 0 Å². The Morgan fingerprint density at radius 3 is 2.52 bits per heavy atom. The number of anilines is 1. The van der Waals surface area contributed by atoms with Crippen LogP contribution < -0.4 is 4.90 Å². The maximum atomic E-state index is 12.7. The molecule has 5 heteroatoms. The van der Waals surface area contributed by atoms with Gasteiger partial charge in [0.1, 0.15) is 5.60 Å². The number of thioether (sulfide) groups is 1. The summed E-state index contributed by atoms with van der Waals surface area (Å²) in [6, 6.07) is 7.19. The molecule has 1 unspecified atom stereocenters. The van der Waals surface area contributed by atoms with Crippen molar-refractivity contribution in [2.75, 3.05) is 10.7 Å². The predicted octanol–water partition coefficient (Wildman–Crippen LogP) is 4.09. The first-order chi connectivity index (χ1) is 9.70. The van der Waals surface area contributed by atoms with E-state index in [-0.39, 0.29) is 5.78 Å². The number of rotatable bonds is 2. The first kappa shape index (κ1) is 15.9. The Hall–Kier alpha value is -1.49. The summed E-state index contributed by atoms with van der Waals surface area (Å²) in [5.74, 6) is 0.686. The second-order valence-electron chi connectivity index (χ2n) is 6.08. The lowest BCUT2D eigenvalue weighted by Crippen LogP contribution is -2.50. The average molecular weight is 307 g/mol. The van der Waals surface area contributed by atoms with E-state index in [1.54, 1.807) is 19.1 Å². The van der Waals surface area contributed by atoms with Gasteiger partial charge in [-0.1, -0.05) is 19.1 Å². The van der Waals surface area contributed by atoms with Crippen LogP contribution in [0.1, 0.15) is 45.0 Å². The number of fused-ring (bicyclic) bond motifs is 1. The SMILES string of the molecule is CCSC1(C)C(=O)c2ccccc2N1C(=O)OC(C)(C)C. The zero-order valence-electron chi connectivity index (χ0n) is 13.1. The first-order valence-corrected chi connectivity index (χ1v) is 8.00. The molecule has 21 heavy (non-hydrogen) atoms. The number of carbonyl (C=O) groups is 2. The molecule has 0 fully saturated rings. The third-order valence-electron chi connectivity index (χ3n) is 3.24. The molecule has 1 aromatic rings. The first-order valence-electron chi connectivity index (χ1n) is 7.01. The van der Waals surface area contributed by atoms with Crippen molar-refractivity contribution >= 4 is 29.3 Å². The third-order valence-corrected chi connectivity index (χ3v) is 4.46. The van der Waals surface area contributed by atoms with Crippen LogP contribution in [0.4, 0.5) is 10.5 Å². The minimum atomic E-state index is -0.944. The zero-order valence-corrected chi connectivity index (χ0v) is 13.9. The smallest absolute Gasteiger partial charge is 0.416 e. The summed E-state index contributed by atoms with van der Waals surface area (Å²) in [6.07, 6.45) is -0.482. The van der Waals surface area contributed by atoms with Gasteiger partial charge in [-0.3, -0.25) is 9.69 Å². The Morgan fingerprint density at radius 2 is 1.95 bits per heavy atom. The van der Waals surface area contributed by atoms with E-state index in [4.69, 9.17) is 4.74 Å². The summed E-state index contributed by atoms with van der Waals surface area (Å²) in [4.78, 5) is 25.9. The van der Waals surface area contributed by atoms with E-state index in [1.807, 2.05) is 39.8 Å². The Labute approximate surface area is 129 Å². The molecule has 1 amide bonds. The lowest BCUT2D eigenvalue weighted by molar-refractivity contribution is 0.0557. The number of amides is 1. The number of nitrogens with zero attached hydrogens (tertiary/aromatic N) is 1. The fourth-order valence-electron chi connectivity index (χ4n) is 2.43. The highest BCUT2D eigenvalue weighted by atomic mass is 32.2. The quantitative estimate of drug-likeness (QED) is 0.825. The van der Waals surface area contributed by atoms with E-state index in [0.29, 0.717) is 11.3 Å². The molecular formula is C16H21NO3S. The Bertz CT molecular complexity index is 579. The molecule has 0 bridgehead atoms. The van der Waals surface area contributed by atoms with Gasteiger partial charge in [-0.2, -0.15) is 0 Å². The van der Waals surface area contributed by atoms with Gasteiger partial charge in [0.15, 0.2) is 4.87 Å². The molecule has 0 saturated carbocycles. The van der Waals surface area contributed by atoms with Gasteiger partial charge in [-0.05, 0) is 45.6 Å². The fourth-order valence-corrected chi connectivity index (χ4v) is 3.54. The van der Waals surface area contributed by atoms with Crippen LogP contribution in [0.3, 0.4) is 0 Å². The lowest BCUT2D eigenvalue weighted by Gasteiger charge is -2.34. The monoisotopic (exact) mass is 307 g/mol. The topological polar surface area (TPSA) is 46.6 Å². The van der Waals surface area contributed by atoms with Gasteiger partial charge in [-0.25, -0.2) is 4.79 Å². The van der Waals surface area contributed by atoms with Crippen LogP contribution in [0.2, 0.25) is 0 Å². The molecule has 1 aliphatic rings. The largest absolute Gasteiger partial charge is 0.443 e. The highest BCUT2D eigenvalue weighted by Crippen LogP contribution is 2.45. The van der Waals surface area contributed by atoms with E-state index in [0.717, 1.165) is 5.75 Å². The van der Waals surface area contributed by atoms with E-state index < -0.39 is 16.6 Å². The van der Waals surface area contributed by atoms with Crippen molar-refractivity contribution in [3.8, 4) is 0 Å². The molecule has 0 saturated heterocycles. The van der Waals surface area contributed by atoms with Gasteiger partial charge in [0.25, 0.3) is 0 Å². The number of ether oxygens (including phenoxy) is 1. The van der Waals surface area contributed by atoms with Crippen molar-refractivity contribution < 1.29 is 14.3 Å². The van der Waals surface area contributed by atoms with Gasteiger partial charge >= 0.3 is 6.09 Å². The van der Waals surface area contributed by atoms with Crippen molar-refractivity contribution in [3.63, 3.8) is 0 Å². The number of hydrogen-bond acceptors (Lipinski definition) is 4. The Morgan fingerprint density at radius 1 is 1.33 bits per heavy atom. The van der Waals surface area contributed by atoms with E-state index in [2.05, 4.69) is 0 Å². The molecule has 0 aliphatic carbocycles. The summed E-state index contributed by atoms with van der Waals surface area (Å²) in [6.45, 7) is 9.21. The average Bonchev–Trinajstić information content (AvgIpc) is 2.57. The van der Waals surface area contributed by atoms with Crippen molar-refractivity contribution in [1.82, 2.24) is 0 Å². The standard InChI is InChI=1S/C16H21NO3S/c1-6-21-16(5)13(18)11-9-7-8-10-12(11)17(16)14(19)20-15(2,3)4/h7-10H,6H2,1-5H3. The maximum Gasteiger partial charge on any atom is 0.416 e. The molecule has 0 radical (unpaired) electrons. The van der Waals surface area contributed by atoms with Gasteiger partial charge in [0.05, 0.1) is 5.69 Å². The second kappa shape index (κ2) is 5.37. The van der Waals surface area contributed by atoms with E-state index in [9.17, 15) is 9.59 Å². The Kier molecular flexibility index (Phi) is 4.06. The molecular weight excluding hydrogens is 286 g/mol. The molecule has 0 spiro atoms. The molecule has 2 rings (SSSR count). The number of carbonyl (C=O) groups excluding carboxylic acids is 2. The van der Waals surface area contributed by atoms with Crippen LogP contribution in [0.25, 0.3) is 0 Å². The van der Waals surface area contributed by atoms with E-state index >= 15 is 0 Å². The van der Waals surface area contributed by atoms with Gasteiger partial charge in [0.2, 0.25) is 5.78 Å². The molecule has 1 atom stereocenters. The summed E-state index contributed by atoms with van der Waals surface area (Å²) in [5.41, 5.74) is 0.599. The van der Waals surface area contributed by atoms with Crippen LogP contribution in [-0.4, -0.2) is 28.1 Å². The fraction of sp³-hybridized carbons (Fsp3) is 0.500. The highest BCUT2D eigenvalue weighted by Gasteiger charge is 2.52. The number of hydrogen-bond donors (Lipinski definition) is 0. The molecule has 0 N–H and O–H groups in total. The zero-order chi connectivity index (χ0) is 15.8. The van der Waals surface area contributed by atoms with Crippen LogP contribution >= 0.6 is 11.8 Å². The summed E-state index contributed by atoms with van der Waals surface area (Å²) >= 11 is 1.44. The maximum absolute atomic E-state index is 12.7. The molecule has 1 aliphatic heterocycles. The minimum absolute atomic E-state index is 0.0455. The third kappa shape index (κ3) is 2.79. The molecule has 1 aromatic carbocycles. The molecule has 114 valence electrons. The van der Waals surface area contributed by atoms with Crippen molar-refractivity contribution in [1.29, 1.82) is 0 Å². The second-order valence-corrected chi connectivity index (χ2v) is 7.74. The molecule has 4 nitrogen and oxygen atoms in total. The van der Waals surface area contributed by atoms with Crippen molar-refractivity contribution in [2.45, 2.75) is 45.1 Å². The number of ketones is 1. The summed E-state index contributed by atoms with van der Waals surface area (Å²) in [7, 11) is 0. The van der Waals surface area contributed by atoms with E-state index in [1.165, 1.54) is 16.7 Å². The Balaban J connectivity index is 2.48. The summed E-state index contributed by atoms with van der Waals surface area (Å²) in [5, 5.41) is 0. The van der Waals surface area contributed by atoms with Gasteiger partial charge in [-0.15, -0.1) is 11.8 Å². The van der Waals surface area contributed by atoms with Gasteiger partial charge < -0.3 is 4.74 Å². The number of para-hydroxylation sites is 1. The summed E-state index contributed by atoms with van der Waals surface area (Å²) < 4.78 is 5.49. The highest BCUT2D eigenvalue weighted by molar-refractivity contribution is 8.01. The van der Waals surface area contributed by atoms with Crippen LogP contribution in [0, 0.1) is 0 Å². The minimum Gasteiger partial charge on any atom is -0.443 e. The normalized spacial score (nSPS) is 21.4.